The first-order valence-corrected chi connectivity index (χ1v) is 6.18. The Balaban J connectivity index is 0.000000249. The molecule has 0 aromatic heterocycles. The van der Waals surface area contributed by atoms with Gasteiger partial charge in [-0.05, 0) is 13.0 Å². The molecule has 84 valence electrons. The van der Waals surface area contributed by atoms with Gasteiger partial charge in [-0.25, -0.2) is 4.39 Å². The molecule has 6 heteroatoms. The molecular weight excluding hydrogens is 207 g/mol. The zero-order valence-electron chi connectivity index (χ0n) is 8.29. The van der Waals surface area contributed by atoms with E-state index in [1.54, 1.807) is 6.26 Å². The topological polar surface area (TPSA) is 72.2 Å². The zero-order valence-corrected chi connectivity index (χ0v) is 9.11. The molecule has 0 aromatic carbocycles. The lowest BCUT2D eigenvalue weighted by molar-refractivity contribution is -0.117. The van der Waals surface area contributed by atoms with Crippen molar-refractivity contribution < 1.29 is 13.4 Å². The normalized spacial score (nSPS) is 22.3. The van der Waals surface area contributed by atoms with Crippen LogP contribution in [0.1, 0.15) is 12.8 Å². The van der Waals surface area contributed by atoms with Gasteiger partial charge < -0.3 is 11.1 Å². The van der Waals surface area contributed by atoms with E-state index in [0.29, 0.717) is 18.7 Å². The number of carbonyl (C=O) groups excluding carboxylic acids is 1. The van der Waals surface area contributed by atoms with Crippen molar-refractivity contribution in [3.63, 3.8) is 0 Å². The minimum atomic E-state index is -0.887. The van der Waals surface area contributed by atoms with Gasteiger partial charge in [0.15, 0.2) is 0 Å². The Hall–Kier alpha value is -0.490. The molecule has 1 aliphatic rings. The van der Waals surface area contributed by atoms with Crippen molar-refractivity contribution in [3.8, 4) is 0 Å². The minimum Gasteiger partial charge on any atom is -0.370 e. The third-order valence-corrected chi connectivity index (χ3v) is 2.42. The molecule has 0 bridgehead atoms. The fraction of sp³-hybridized carbons (Fsp3) is 0.875. The first-order valence-electron chi connectivity index (χ1n) is 4.45. The van der Waals surface area contributed by atoms with Crippen LogP contribution in [0.5, 0.6) is 0 Å². The highest BCUT2D eigenvalue weighted by molar-refractivity contribution is 7.84. The van der Waals surface area contributed by atoms with Crippen LogP contribution in [0.3, 0.4) is 0 Å². The highest BCUT2D eigenvalue weighted by Gasteiger charge is 2.10. The number of hydrogen-bond acceptors (Lipinski definition) is 3. The van der Waals surface area contributed by atoms with Crippen LogP contribution in [0, 0.1) is 0 Å². The predicted molar refractivity (Wildman–Crippen MR) is 55.1 cm³/mol. The summed E-state index contributed by atoms with van der Waals surface area (Å²) in [6, 6.07) is 0. The standard InChI is InChI=1S/C4H8FN.C4H9NO2S/c5-4-1-2-6-3-4;1-8(7)3-2-4(5)6/h4,6H,1-3H2;2-3H2,1H3,(H2,5,6). The highest BCUT2D eigenvalue weighted by Crippen LogP contribution is 1.99. The van der Waals surface area contributed by atoms with Crippen LogP contribution >= 0.6 is 0 Å². The second kappa shape index (κ2) is 7.87. The van der Waals surface area contributed by atoms with E-state index in [4.69, 9.17) is 5.73 Å². The Morgan fingerprint density at radius 3 is 2.50 bits per heavy atom. The molecule has 14 heavy (non-hydrogen) atoms. The van der Waals surface area contributed by atoms with E-state index >= 15 is 0 Å². The van der Waals surface area contributed by atoms with Gasteiger partial charge in [-0.15, -0.1) is 0 Å². The molecule has 2 atom stereocenters. The molecule has 1 rings (SSSR count). The number of hydrogen-bond donors (Lipinski definition) is 2. The van der Waals surface area contributed by atoms with E-state index in [-0.39, 0.29) is 12.3 Å². The molecule has 2 unspecified atom stereocenters. The fourth-order valence-corrected chi connectivity index (χ4v) is 1.35. The van der Waals surface area contributed by atoms with E-state index in [1.807, 2.05) is 0 Å². The molecule has 0 aromatic rings. The van der Waals surface area contributed by atoms with Gasteiger partial charge >= 0.3 is 0 Å². The number of nitrogens with two attached hydrogens (primary N) is 1. The average Bonchev–Trinajstić information content (AvgIpc) is 2.53. The van der Waals surface area contributed by atoms with Gasteiger partial charge in [0.05, 0.1) is 0 Å². The van der Waals surface area contributed by atoms with Crippen molar-refractivity contribution in [2.75, 3.05) is 25.1 Å². The Morgan fingerprint density at radius 2 is 2.36 bits per heavy atom. The second-order valence-corrected chi connectivity index (χ2v) is 4.64. The Labute approximate surface area is 85.9 Å². The van der Waals surface area contributed by atoms with Gasteiger partial charge in [0.25, 0.3) is 0 Å². The third kappa shape index (κ3) is 9.60. The molecule has 1 fully saturated rings. The van der Waals surface area contributed by atoms with Crippen molar-refractivity contribution in [3.05, 3.63) is 0 Å². The van der Waals surface area contributed by atoms with Crippen molar-refractivity contribution in [2.24, 2.45) is 5.73 Å². The summed E-state index contributed by atoms with van der Waals surface area (Å²) in [7, 11) is -0.887. The van der Waals surface area contributed by atoms with Crippen LogP contribution in [0.15, 0.2) is 0 Å². The summed E-state index contributed by atoms with van der Waals surface area (Å²) >= 11 is 0. The Kier molecular flexibility index (Phi) is 7.60. The van der Waals surface area contributed by atoms with Gasteiger partial charge in [0.2, 0.25) is 5.91 Å². The summed E-state index contributed by atoms with van der Waals surface area (Å²) in [4.78, 5) is 9.99. The van der Waals surface area contributed by atoms with Gasteiger partial charge in [0, 0.05) is 35.8 Å². The number of alkyl halides is 1. The van der Waals surface area contributed by atoms with Gasteiger partial charge in [-0.1, -0.05) is 0 Å². The maximum absolute atomic E-state index is 11.9. The molecule has 1 aliphatic heterocycles. The third-order valence-electron chi connectivity index (χ3n) is 1.64. The lowest BCUT2D eigenvalue weighted by atomic mass is 10.4. The second-order valence-electron chi connectivity index (χ2n) is 3.08. The number of primary amides is 1. The lowest BCUT2D eigenvalue weighted by Gasteiger charge is -1.88. The van der Waals surface area contributed by atoms with E-state index < -0.39 is 17.0 Å². The zero-order chi connectivity index (χ0) is 11.0. The monoisotopic (exact) mass is 224 g/mol. The van der Waals surface area contributed by atoms with Crippen LogP contribution in [-0.4, -0.2) is 41.4 Å². The quantitative estimate of drug-likeness (QED) is 0.682. The number of carbonyl (C=O) groups is 1. The molecule has 4 nitrogen and oxygen atoms in total. The maximum atomic E-state index is 11.9. The average molecular weight is 224 g/mol. The predicted octanol–water partition coefficient (Wildman–Crippen LogP) is -0.442. The molecule has 0 spiro atoms. The molecule has 0 aliphatic carbocycles. The Morgan fingerprint density at radius 1 is 1.71 bits per heavy atom. The summed E-state index contributed by atoms with van der Waals surface area (Å²) < 4.78 is 22.1. The highest BCUT2D eigenvalue weighted by atomic mass is 32.2. The van der Waals surface area contributed by atoms with Gasteiger partial charge in [0.1, 0.15) is 6.17 Å². The summed E-state index contributed by atoms with van der Waals surface area (Å²) in [6.45, 7) is 1.43. The smallest absolute Gasteiger partial charge is 0.218 e. The number of rotatable bonds is 3. The largest absolute Gasteiger partial charge is 0.370 e. The van der Waals surface area contributed by atoms with Crippen LogP contribution in [-0.2, 0) is 15.6 Å². The molecular formula is C8H17FN2O2S. The summed E-state index contributed by atoms with van der Waals surface area (Å²) in [5.41, 5.74) is 4.77. The molecule has 1 saturated heterocycles. The van der Waals surface area contributed by atoms with Gasteiger partial charge in [-0.2, -0.15) is 0 Å². The Bertz CT molecular complexity index is 182. The minimum absolute atomic E-state index is 0.225. The van der Waals surface area contributed by atoms with Crippen molar-refractivity contribution in [1.29, 1.82) is 0 Å². The van der Waals surface area contributed by atoms with Crippen LogP contribution in [0.25, 0.3) is 0 Å². The summed E-state index contributed by atoms with van der Waals surface area (Å²) in [6.07, 6.45) is 1.91. The SMILES string of the molecule is CS(=O)CCC(N)=O.FC1CCNC1. The molecule has 0 saturated carbocycles. The molecule has 1 amide bonds. The van der Waals surface area contributed by atoms with Crippen molar-refractivity contribution in [2.45, 2.75) is 19.0 Å². The molecule has 0 radical (unpaired) electrons. The van der Waals surface area contributed by atoms with Crippen molar-refractivity contribution in [1.82, 2.24) is 5.32 Å². The first kappa shape index (κ1) is 13.5. The molecule has 1 heterocycles. The van der Waals surface area contributed by atoms with Crippen LogP contribution in [0.4, 0.5) is 4.39 Å². The first-order chi connectivity index (χ1) is 6.52. The molecule has 3 N–H and O–H groups in total. The van der Waals surface area contributed by atoms with Crippen molar-refractivity contribution >= 4 is 16.7 Å². The summed E-state index contributed by atoms with van der Waals surface area (Å²) in [5.74, 6) is -0.00444. The van der Waals surface area contributed by atoms with Gasteiger partial charge in [-0.3, -0.25) is 9.00 Å². The van der Waals surface area contributed by atoms with Crippen LogP contribution in [0.2, 0.25) is 0 Å². The summed E-state index contributed by atoms with van der Waals surface area (Å²) in [5, 5.41) is 2.90. The van der Waals surface area contributed by atoms with E-state index in [0.717, 1.165) is 6.54 Å². The van der Waals surface area contributed by atoms with E-state index in [2.05, 4.69) is 5.32 Å². The number of halogens is 1. The fourth-order valence-electron chi connectivity index (χ4n) is 0.864. The number of nitrogens with one attached hydrogen (secondary N) is 1. The van der Waals surface area contributed by atoms with E-state index in [1.165, 1.54) is 0 Å². The maximum Gasteiger partial charge on any atom is 0.218 e. The van der Waals surface area contributed by atoms with E-state index in [9.17, 15) is 13.4 Å². The number of amides is 1. The lowest BCUT2D eigenvalue weighted by Crippen LogP contribution is -2.13. The van der Waals surface area contributed by atoms with Crippen LogP contribution < -0.4 is 11.1 Å².